The van der Waals surface area contributed by atoms with Gasteiger partial charge in [0.1, 0.15) is 0 Å². The van der Waals surface area contributed by atoms with Gasteiger partial charge < -0.3 is 33.4 Å². The van der Waals surface area contributed by atoms with E-state index >= 15 is 0 Å². The Morgan fingerprint density at radius 1 is 1.24 bits per heavy atom. The van der Waals surface area contributed by atoms with Crippen LogP contribution in [0, 0.1) is 12.8 Å². The zero-order valence-electron chi connectivity index (χ0n) is 13.0. The van der Waals surface area contributed by atoms with Crippen LogP contribution >= 0.6 is 0 Å². The van der Waals surface area contributed by atoms with Crippen molar-refractivity contribution in [2.24, 2.45) is 5.92 Å². The summed E-state index contributed by atoms with van der Waals surface area (Å²) in [6.45, 7) is 7.05. The second-order valence-electron chi connectivity index (χ2n) is 5.39. The number of halogens is 1. The topological polar surface area (TPSA) is 18.5 Å². The average molecular weight is 366 g/mol. The third-order valence-electron chi connectivity index (χ3n) is 3.72. The molecule has 1 saturated heterocycles. The fraction of sp³-hybridized carbons (Fsp3) is 0.588. The predicted molar refractivity (Wildman–Crippen MR) is 83.3 cm³/mol. The van der Waals surface area contributed by atoms with Gasteiger partial charge in [-0.3, -0.25) is 0 Å². The third-order valence-corrected chi connectivity index (χ3v) is 3.72. The van der Waals surface area contributed by atoms with E-state index in [0.717, 1.165) is 12.8 Å². The summed E-state index contributed by atoms with van der Waals surface area (Å²) >= 11 is 0. The summed E-state index contributed by atoms with van der Waals surface area (Å²) in [5.74, 6) is 0.373. The molecule has 0 amide bonds. The summed E-state index contributed by atoms with van der Waals surface area (Å²) in [6, 6.07) is 10.2. The van der Waals surface area contributed by atoms with Gasteiger partial charge in [0, 0.05) is 6.10 Å². The minimum absolute atomic E-state index is 0. The molecular formula is C17H25BrMgO2. The first-order valence-electron chi connectivity index (χ1n) is 7.43. The van der Waals surface area contributed by atoms with E-state index in [4.69, 9.17) is 9.47 Å². The van der Waals surface area contributed by atoms with Crippen LogP contribution in [0.1, 0.15) is 44.6 Å². The van der Waals surface area contributed by atoms with Crippen molar-refractivity contribution < 1.29 is 26.5 Å². The Morgan fingerprint density at radius 3 is 2.62 bits per heavy atom. The van der Waals surface area contributed by atoms with Crippen LogP contribution in [0.5, 0.6) is 0 Å². The van der Waals surface area contributed by atoms with Gasteiger partial charge in [-0.2, -0.15) is 0 Å². The molecule has 1 aliphatic rings. The Kier molecular flexibility index (Phi) is 12.1. The molecule has 0 bridgehead atoms. The van der Waals surface area contributed by atoms with Crippen molar-refractivity contribution in [3.8, 4) is 0 Å². The Morgan fingerprint density at radius 2 is 1.95 bits per heavy atom. The van der Waals surface area contributed by atoms with Crippen molar-refractivity contribution in [2.75, 3.05) is 0 Å². The molecule has 0 N–H and O–H groups in total. The van der Waals surface area contributed by atoms with Crippen LogP contribution < -0.4 is 17.0 Å². The molecule has 1 unspecified atom stereocenters. The fourth-order valence-corrected chi connectivity index (χ4v) is 2.53. The minimum Gasteiger partial charge on any atom is -1.00 e. The fourth-order valence-electron chi connectivity index (χ4n) is 2.53. The maximum atomic E-state index is 5.96. The normalized spacial score (nSPS) is 24.2. The molecule has 0 saturated carbocycles. The van der Waals surface area contributed by atoms with Crippen LogP contribution in [0.15, 0.2) is 30.3 Å². The van der Waals surface area contributed by atoms with Crippen molar-refractivity contribution in [3.63, 3.8) is 0 Å². The number of hydrogen-bond donors (Lipinski definition) is 0. The maximum absolute atomic E-state index is 5.96. The van der Waals surface area contributed by atoms with Crippen molar-refractivity contribution >= 4 is 23.1 Å². The monoisotopic (exact) mass is 364 g/mol. The molecule has 0 aromatic heterocycles. The molecule has 1 aromatic carbocycles. The second kappa shape index (κ2) is 11.9. The number of hydrogen-bond acceptors (Lipinski definition) is 2. The van der Waals surface area contributed by atoms with Crippen LogP contribution in [0.4, 0.5) is 0 Å². The van der Waals surface area contributed by atoms with E-state index in [-0.39, 0.29) is 52.4 Å². The molecule has 2 nitrogen and oxygen atoms in total. The number of rotatable bonds is 7. The van der Waals surface area contributed by atoms with Crippen LogP contribution in [-0.2, 0) is 16.1 Å². The van der Waals surface area contributed by atoms with Crippen LogP contribution in [0.2, 0.25) is 0 Å². The van der Waals surface area contributed by atoms with E-state index in [2.05, 4.69) is 26.0 Å². The standard InChI is InChI=1S/C17H25O2.BrH.Mg/c1-3-4-6-11-16-14(2)12-17(19-16)18-13-15-9-7-5-8-10-15;;/h5,7-10,14,16-17H,2-4,6,11-13H2,1H3;1H;/q-1;;+2/p-1/t14-,16+,17?;;/m1../s1. The molecule has 0 spiro atoms. The summed E-state index contributed by atoms with van der Waals surface area (Å²) in [4.78, 5) is 0. The summed E-state index contributed by atoms with van der Waals surface area (Å²) in [7, 11) is 0. The molecular weight excluding hydrogens is 340 g/mol. The van der Waals surface area contributed by atoms with Gasteiger partial charge in [0.15, 0.2) is 6.29 Å². The Hall–Kier alpha value is 0.386. The molecule has 21 heavy (non-hydrogen) atoms. The molecule has 1 heterocycles. The van der Waals surface area contributed by atoms with Gasteiger partial charge in [-0.15, -0.1) is 5.92 Å². The minimum atomic E-state index is -0.0747. The van der Waals surface area contributed by atoms with Crippen molar-refractivity contribution in [3.05, 3.63) is 42.8 Å². The van der Waals surface area contributed by atoms with E-state index in [9.17, 15) is 0 Å². The van der Waals surface area contributed by atoms with Gasteiger partial charge in [0.25, 0.3) is 0 Å². The molecule has 1 aliphatic heterocycles. The summed E-state index contributed by atoms with van der Waals surface area (Å²) in [5, 5.41) is 0. The molecule has 2 rings (SSSR count). The first-order valence-corrected chi connectivity index (χ1v) is 7.43. The zero-order chi connectivity index (χ0) is 13.5. The third kappa shape index (κ3) is 7.46. The van der Waals surface area contributed by atoms with Crippen molar-refractivity contribution in [2.45, 2.75) is 58.0 Å². The van der Waals surface area contributed by atoms with E-state index in [1.165, 1.54) is 24.8 Å². The second-order valence-corrected chi connectivity index (χ2v) is 5.39. The SMILES string of the molecule is [Br-].[CH2-][C@@H]1CC(OCc2ccccc2)O[C@H]1CCCCC.[Mg+2]. The molecule has 3 atom stereocenters. The average Bonchev–Trinajstić information content (AvgIpc) is 2.79. The van der Waals surface area contributed by atoms with Crippen LogP contribution in [0.3, 0.4) is 0 Å². The van der Waals surface area contributed by atoms with E-state index in [0.29, 0.717) is 12.5 Å². The number of ether oxygens (including phenoxy) is 2. The Bertz CT molecular complexity index is 361. The largest absolute Gasteiger partial charge is 2.00 e. The Balaban J connectivity index is 0.00000200. The van der Waals surface area contributed by atoms with Gasteiger partial charge in [-0.1, -0.05) is 56.5 Å². The summed E-state index contributed by atoms with van der Waals surface area (Å²) in [6.07, 6.45) is 6.02. The van der Waals surface area contributed by atoms with E-state index < -0.39 is 0 Å². The van der Waals surface area contributed by atoms with Gasteiger partial charge in [-0.25, -0.2) is 0 Å². The maximum Gasteiger partial charge on any atom is 2.00 e. The summed E-state index contributed by atoms with van der Waals surface area (Å²) < 4.78 is 11.8. The molecule has 4 heteroatoms. The van der Waals surface area contributed by atoms with Gasteiger partial charge in [0.05, 0.1) is 6.61 Å². The van der Waals surface area contributed by atoms with Crippen molar-refractivity contribution in [1.82, 2.24) is 0 Å². The first kappa shape index (κ1) is 21.4. The Labute approximate surface area is 155 Å². The van der Waals surface area contributed by atoms with Crippen LogP contribution in [-0.4, -0.2) is 35.4 Å². The molecule has 0 radical (unpaired) electrons. The quantitative estimate of drug-likeness (QED) is 0.407. The van der Waals surface area contributed by atoms with Gasteiger partial charge >= 0.3 is 23.1 Å². The zero-order valence-corrected chi connectivity index (χ0v) is 16.0. The van der Waals surface area contributed by atoms with Gasteiger partial charge in [-0.05, 0) is 18.4 Å². The van der Waals surface area contributed by atoms with Crippen molar-refractivity contribution in [1.29, 1.82) is 0 Å². The number of benzene rings is 1. The van der Waals surface area contributed by atoms with E-state index in [1.54, 1.807) is 0 Å². The molecule has 0 aliphatic carbocycles. The van der Waals surface area contributed by atoms with Gasteiger partial charge in [0.2, 0.25) is 0 Å². The van der Waals surface area contributed by atoms with E-state index in [1.807, 2.05) is 18.2 Å². The first-order chi connectivity index (χ1) is 9.29. The predicted octanol–water partition coefficient (Wildman–Crippen LogP) is 0.972. The molecule has 1 fully saturated rings. The molecule has 1 aromatic rings. The molecule has 114 valence electrons. The summed E-state index contributed by atoms with van der Waals surface area (Å²) in [5.41, 5.74) is 1.20. The van der Waals surface area contributed by atoms with Crippen LogP contribution in [0.25, 0.3) is 0 Å². The number of unbranched alkanes of at least 4 members (excludes halogenated alkanes) is 2. The smallest absolute Gasteiger partial charge is 1.00 e.